The van der Waals surface area contributed by atoms with Crippen molar-refractivity contribution in [3.63, 3.8) is 0 Å². The van der Waals surface area contributed by atoms with E-state index >= 15 is 0 Å². The number of methoxy groups -OCH3 is 1. The van der Waals surface area contributed by atoms with E-state index in [9.17, 15) is 0 Å². The van der Waals surface area contributed by atoms with Gasteiger partial charge in [-0.05, 0) is 19.5 Å². The van der Waals surface area contributed by atoms with E-state index in [4.69, 9.17) is 15.2 Å². The highest BCUT2D eigenvalue weighted by Crippen LogP contribution is 2.27. The minimum Gasteiger partial charge on any atom is -0.496 e. The van der Waals surface area contributed by atoms with Crippen LogP contribution >= 0.6 is 0 Å². The fourth-order valence-electron chi connectivity index (χ4n) is 2.47. The van der Waals surface area contributed by atoms with Gasteiger partial charge in [-0.15, -0.1) is 0 Å². The molecule has 4 heteroatoms. The highest BCUT2D eigenvalue weighted by atomic mass is 16.5. The molecule has 0 saturated carbocycles. The molecule has 0 amide bonds. The van der Waals surface area contributed by atoms with Crippen molar-refractivity contribution in [2.75, 3.05) is 33.9 Å². The second-order valence-corrected chi connectivity index (χ2v) is 4.90. The van der Waals surface area contributed by atoms with Gasteiger partial charge in [-0.25, -0.2) is 0 Å². The third-order valence-corrected chi connectivity index (χ3v) is 3.87. The number of nitrogens with two attached hydrogens (primary N) is 1. The number of ether oxygens (including phenoxy) is 2. The fourth-order valence-corrected chi connectivity index (χ4v) is 2.47. The SMILES string of the molecule is COc1ccccc1CN(C)C1(CN)CCOC1. The van der Waals surface area contributed by atoms with Crippen LogP contribution in [0.25, 0.3) is 0 Å². The van der Waals surface area contributed by atoms with Gasteiger partial charge in [0, 0.05) is 25.3 Å². The summed E-state index contributed by atoms with van der Waals surface area (Å²) in [6, 6.07) is 8.10. The molecule has 100 valence electrons. The van der Waals surface area contributed by atoms with E-state index in [-0.39, 0.29) is 5.54 Å². The number of rotatable bonds is 5. The molecule has 0 spiro atoms. The molecule has 1 atom stereocenters. The van der Waals surface area contributed by atoms with Crippen LogP contribution < -0.4 is 10.5 Å². The van der Waals surface area contributed by atoms with E-state index < -0.39 is 0 Å². The van der Waals surface area contributed by atoms with Gasteiger partial charge in [0.25, 0.3) is 0 Å². The first kappa shape index (κ1) is 13.3. The van der Waals surface area contributed by atoms with Crippen LogP contribution in [0.4, 0.5) is 0 Å². The van der Waals surface area contributed by atoms with Gasteiger partial charge in [0.1, 0.15) is 5.75 Å². The summed E-state index contributed by atoms with van der Waals surface area (Å²) in [7, 11) is 3.81. The van der Waals surface area contributed by atoms with Crippen LogP contribution in [0.3, 0.4) is 0 Å². The van der Waals surface area contributed by atoms with Crippen molar-refractivity contribution >= 4 is 0 Å². The Kier molecular flexibility index (Phi) is 4.22. The Balaban J connectivity index is 2.12. The van der Waals surface area contributed by atoms with Crippen molar-refractivity contribution in [3.8, 4) is 5.75 Å². The summed E-state index contributed by atoms with van der Waals surface area (Å²) in [5.74, 6) is 0.926. The smallest absolute Gasteiger partial charge is 0.123 e. The van der Waals surface area contributed by atoms with Crippen LogP contribution in [0.2, 0.25) is 0 Å². The van der Waals surface area contributed by atoms with Crippen molar-refractivity contribution in [2.24, 2.45) is 5.73 Å². The lowest BCUT2D eigenvalue weighted by Crippen LogP contribution is -2.52. The molecule has 18 heavy (non-hydrogen) atoms. The molecule has 1 heterocycles. The normalized spacial score (nSPS) is 23.6. The zero-order valence-electron chi connectivity index (χ0n) is 11.2. The lowest BCUT2D eigenvalue weighted by molar-refractivity contribution is 0.0876. The van der Waals surface area contributed by atoms with E-state index in [0.717, 1.165) is 31.9 Å². The maximum Gasteiger partial charge on any atom is 0.123 e. The maximum atomic E-state index is 5.94. The summed E-state index contributed by atoms with van der Waals surface area (Å²) in [6.07, 6.45) is 0.995. The molecule has 0 aromatic heterocycles. The molecule has 0 bridgehead atoms. The Morgan fingerprint density at radius 2 is 2.22 bits per heavy atom. The van der Waals surface area contributed by atoms with Crippen molar-refractivity contribution in [3.05, 3.63) is 29.8 Å². The highest BCUT2D eigenvalue weighted by molar-refractivity contribution is 5.33. The van der Waals surface area contributed by atoms with E-state index in [2.05, 4.69) is 18.0 Å². The van der Waals surface area contributed by atoms with Gasteiger partial charge >= 0.3 is 0 Å². The average Bonchev–Trinajstić information content (AvgIpc) is 2.89. The standard InChI is InChI=1S/C14H22N2O2/c1-16(14(10-15)7-8-18-11-14)9-12-5-3-4-6-13(12)17-2/h3-6H,7-11,15H2,1-2H3. The van der Waals surface area contributed by atoms with Crippen LogP contribution in [0.15, 0.2) is 24.3 Å². The molecule has 1 aromatic carbocycles. The van der Waals surface area contributed by atoms with E-state index in [1.165, 1.54) is 5.56 Å². The van der Waals surface area contributed by atoms with Gasteiger partial charge in [0.15, 0.2) is 0 Å². The number of likely N-dealkylation sites (N-methyl/N-ethyl adjacent to an activating group) is 1. The lowest BCUT2D eigenvalue weighted by atomic mass is 9.96. The zero-order valence-corrected chi connectivity index (χ0v) is 11.2. The van der Waals surface area contributed by atoms with Crippen molar-refractivity contribution in [1.82, 2.24) is 4.90 Å². The molecule has 1 fully saturated rings. The Labute approximate surface area is 109 Å². The summed E-state index contributed by atoms with van der Waals surface area (Å²) >= 11 is 0. The Hall–Kier alpha value is -1.10. The molecule has 1 aliphatic rings. The van der Waals surface area contributed by atoms with Crippen molar-refractivity contribution < 1.29 is 9.47 Å². The Bertz CT molecular complexity index is 389. The Morgan fingerprint density at radius 1 is 1.44 bits per heavy atom. The topological polar surface area (TPSA) is 47.7 Å². The molecule has 4 nitrogen and oxygen atoms in total. The number of hydrogen-bond acceptors (Lipinski definition) is 4. The summed E-state index contributed by atoms with van der Waals surface area (Å²) in [4.78, 5) is 2.29. The van der Waals surface area contributed by atoms with Gasteiger partial charge in [-0.3, -0.25) is 4.90 Å². The number of hydrogen-bond donors (Lipinski definition) is 1. The largest absolute Gasteiger partial charge is 0.496 e. The van der Waals surface area contributed by atoms with E-state index in [1.54, 1.807) is 7.11 Å². The summed E-state index contributed by atoms with van der Waals surface area (Å²) in [5.41, 5.74) is 7.10. The van der Waals surface area contributed by atoms with Gasteiger partial charge in [-0.2, -0.15) is 0 Å². The zero-order chi connectivity index (χ0) is 13.0. The molecule has 1 aromatic rings. The highest BCUT2D eigenvalue weighted by Gasteiger charge is 2.37. The van der Waals surface area contributed by atoms with Crippen molar-refractivity contribution in [2.45, 2.75) is 18.5 Å². The molecule has 1 aliphatic heterocycles. The van der Waals surface area contributed by atoms with Gasteiger partial charge in [-0.1, -0.05) is 18.2 Å². The molecule has 1 unspecified atom stereocenters. The number of benzene rings is 1. The summed E-state index contributed by atoms with van der Waals surface area (Å²) in [6.45, 7) is 2.96. The van der Waals surface area contributed by atoms with Crippen LogP contribution in [-0.4, -0.2) is 44.4 Å². The molecule has 2 N–H and O–H groups in total. The molecule has 1 saturated heterocycles. The Morgan fingerprint density at radius 3 is 2.83 bits per heavy atom. The predicted molar refractivity (Wildman–Crippen MR) is 71.7 cm³/mol. The fraction of sp³-hybridized carbons (Fsp3) is 0.571. The first-order valence-electron chi connectivity index (χ1n) is 6.33. The van der Waals surface area contributed by atoms with Crippen LogP contribution in [0.1, 0.15) is 12.0 Å². The number of para-hydroxylation sites is 1. The van der Waals surface area contributed by atoms with Crippen LogP contribution in [-0.2, 0) is 11.3 Å². The predicted octanol–water partition coefficient (Wildman–Crippen LogP) is 1.24. The maximum absolute atomic E-state index is 5.94. The quantitative estimate of drug-likeness (QED) is 0.854. The molecule has 2 rings (SSSR count). The summed E-state index contributed by atoms with van der Waals surface area (Å²) in [5, 5.41) is 0. The van der Waals surface area contributed by atoms with Gasteiger partial charge in [0.2, 0.25) is 0 Å². The van der Waals surface area contributed by atoms with Crippen LogP contribution in [0, 0.1) is 0 Å². The average molecular weight is 250 g/mol. The molecule has 0 radical (unpaired) electrons. The minimum atomic E-state index is -0.0269. The third-order valence-electron chi connectivity index (χ3n) is 3.87. The minimum absolute atomic E-state index is 0.0269. The van der Waals surface area contributed by atoms with E-state index in [0.29, 0.717) is 6.54 Å². The van der Waals surface area contributed by atoms with E-state index in [1.807, 2.05) is 18.2 Å². The third kappa shape index (κ3) is 2.51. The molecule has 0 aliphatic carbocycles. The van der Waals surface area contributed by atoms with Crippen LogP contribution in [0.5, 0.6) is 5.75 Å². The second kappa shape index (κ2) is 5.69. The molecular formula is C14H22N2O2. The lowest BCUT2D eigenvalue weighted by Gasteiger charge is -2.36. The number of nitrogens with zero attached hydrogens (tertiary/aromatic N) is 1. The first-order chi connectivity index (χ1) is 8.72. The first-order valence-corrected chi connectivity index (χ1v) is 6.33. The monoisotopic (exact) mass is 250 g/mol. The molecular weight excluding hydrogens is 228 g/mol. The van der Waals surface area contributed by atoms with Crippen molar-refractivity contribution in [1.29, 1.82) is 0 Å². The van der Waals surface area contributed by atoms with Gasteiger partial charge < -0.3 is 15.2 Å². The van der Waals surface area contributed by atoms with Gasteiger partial charge in [0.05, 0.1) is 19.3 Å². The second-order valence-electron chi connectivity index (χ2n) is 4.90. The summed E-state index contributed by atoms with van der Waals surface area (Å²) < 4.78 is 10.9.